The van der Waals surface area contributed by atoms with Crippen molar-refractivity contribution < 1.29 is 14.3 Å². The molecule has 2 aliphatic heterocycles. The molecule has 3 rings (SSSR count). The molecule has 1 unspecified atom stereocenters. The quantitative estimate of drug-likeness (QED) is 0.539. The molecule has 2 N–H and O–H groups in total. The Labute approximate surface area is 173 Å². The average molecular weight is 403 g/mol. The Balaban J connectivity index is 1.44. The topological polar surface area (TPSA) is 75.2 Å². The molecule has 7 nitrogen and oxygen atoms in total. The number of guanidine groups is 1. The van der Waals surface area contributed by atoms with E-state index in [9.17, 15) is 4.79 Å². The number of aliphatic imine (C=N–C) groups is 1. The van der Waals surface area contributed by atoms with Crippen LogP contribution in [0, 0.1) is 0 Å². The normalized spacial score (nSPS) is 20.7. The van der Waals surface area contributed by atoms with Gasteiger partial charge in [0.2, 0.25) is 5.91 Å². The molecule has 29 heavy (non-hydrogen) atoms. The predicted molar refractivity (Wildman–Crippen MR) is 114 cm³/mol. The lowest BCUT2D eigenvalue weighted by Gasteiger charge is -2.22. The van der Waals surface area contributed by atoms with Crippen LogP contribution in [0.1, 0.15) is 43.7 Å². The molecule has 1 atom stereocenters. The third kappa shape index (κ3) is 6.72. The highest BCUT2D eigenvalue weighted by atomic mass is 16.5. The summed E-state index contributed by atoms with van der Waals surface area (Å²) in [6, 6.07) is 8.71. The second-order valence-electron chi connectivity index (χ2n) is 7.69. The van der Waals surface area contributed by atoms with Crippen molar-refractivity contribution in [3.8, 4) is 0 Å². The van der Waals surface area contributed by atoms with Crippen molar-refractivity contribution in [3.05, 3.63) is 35.4 Å². The molecule has 0 aromatic heterocycles. The molecule has 0 spiro atoms. The summed E-state index contributed by atoms with van der Waals surface area (Å²) in [5, 5.41) is 6.82. The molecule has 0 saturated carbocycles. The van der Waals surface area contributed by atoms with E-state index < -0.39 is 0 Å². The minimum absolute atomic E-state index is 0.219. The van der Waals surface area contributed by atoms with Crippen LogP contribution >= 0.6 is 0 Å². The second kappa shape index (κ2) is 11.2. The number of nitrogens with zero attached hydrogens (tertiary/aromatic N) is 2. The molecule has 0 radical (unpaired) electrons. The van der Waals surface area contributed by atoms with Crippen molar-refractivity contribution in [1.29, 1.82) is 0 Å². The van der Waals surface area contributed by atoms with Gasteiger partial charge in [-0.2, -0.15) is 0 Å². The van der Waals surface area contributed by atoms with Crippen LogP contribution in [-0.2, 0) is 27.4 Å². The molecule has 2 fully saturated rings. The van der Waals surface area contributed by atoms with E-state index in [2.05, 4.69) is 39.9 Å². The van der Waals surface area contributed by atoms with Crippen molar-refractivity contribution in [2.24, 2.45) is 4.99 Å². The molecule has 2 aliphatic rings. The minimum Gasteiger partial charge on any atom is -0.381 e. The van der Waals surface area contributed by atoms with E-state index in [0.717, 1.165) is 51.5 Å². The fourth-order valence-corrected chi connectivity index (χ4v) is 3.79. The summed E-state index contributed by atoms with van der Waals surface area (Å²) < 4.78 is 11.4. The Bertz CT molecular complexity index is 688. The maximum Gasteiger partial charge on any atom is 0.222 e. The van der Waals surface area contributed by atoms with Crippen LogP contribution in [0.2, 0.25) is 0 Å². The Kier molecular flexibility index (Phi) is 8.31. The van der Waals surface area contributed by atoms with E-state index in [-0.39, 0.29) is 11.9 Å². The Morgan fingerprint density at radius 3 is 2.83 bits per heavy atom. The van der Waals surface area contributed by atoms with Gasteiger partial charge in [-0.05, 0) is 30.4 Å². The molecular formula is C22H34N4O3. The number of rotatable bonds is 7. The summed E-state index contributed by atoms with van der Waals surface area (Å²) in [4.78, 5) is 18.1. The van der Waals surface area contributed by atoms with Gasteiger partial charge in [-0.15, -0.1) is 0 Å². The van der Waals surface area contributed by atoms with Gasteiger partial charge in [0.15, 0.2) is 5.96 Å². The molecule has 1 aromatic carbocycles. The second-order valence-corrected chi connectivity index (χ2v) is 7.69. The number of hydrogen-bond donors (Lipinski definition) is 2. The summed E-state index contributed by atoms with van der Waals surface area (Å²) in [6.45, 7) is 6.39. The lowest BCUT2D eigenvalue weighted by molar-refractivity contribution is -0.129. The third-order valence-electron chi connectivity index (χ3n) is 5.51. The number of likely N-dealkylation sites (tertiary alicyclic amines) is 1. The fourth-order valence-electron chi connectivity index (χ4n) is 3.79. The Morgan fingerprint density at radius 1 is 1.28 bits per heavy atom. The first kappa shape index (κ1) is 21.6. The third-order valence-corrected chi connectivity index (χ3v) is 5.51. The Morgan fingerprint density at radius 2 is 2.07 bits per heavy atom. The van der Waals surface area contributed by atoms with Crippen LogP contribution < -0.4 is 10.6 Å². The summed E-state index contributed by atoms with van der Waals surface area (Å²) in [5.74, 6) is 0.988. The van der Waals surface area contributed by atoms with Crippen molar-refractivity contribution in [2.75, 3.05) is 33.4 Å². The van der Waals surface area contributed by atoms with E-state index in [1.807, 2.05) is 11.8 Å². The summed E-state index contributed by atoms with van der Waals surface area (Å²) >= 11 is 0. The van der Waals surface area contributed by atoms with Crippen molar-refractivity contribution >= 4 is 11.9 Å². The van der Waals surface area contributed by atoms with Gasteiger partial charge in [-0.1, -0.05) is 31.2 Å². The first-order valence-corrected chi connectivity index (χ1v) is 10.7. The SMILES string of the molecule is CCC(=O)N1CCC(NC(=NC)NCc2cccc(COC3CCOCC3)c2)C1. The Hall–Kier alpha value is -2.12. The molecule has 2 heterocycles. The predicted octanol–water partition coefficient (Wildman–Crippen LogP) is 2.06. The van der Waals surface area contributed by atoms with Gasteiger partial charge in [0.1, 0.15) is 0 Å². The van der Waals surface area contributed by atoms with Crippen molar-refractivity contribution in [3.63, 3.8) is 0 Å². The first-order valence-electron chi connectivity index (χ1n) is 10.7. The zero-order valence-corrected chi connectivity index (χ0v) is 17.7. The summed E-state index contributed by atoms with van der Waals surface area (Å²) in [7, 11) is 1.78. The fraction of sp³-hybridized carbons (Fsp3) is 0.636. The monoisotopic (exact) mass is 402 g/mol. The highest BCUT2D eigenvalue weighted by Crippen LogP contribution is 2.14. The van der Waals surface area contributed by atoms with Gasteiger partial charge >= 0.3 is 0 Å². The highest BCUT2D eigenvalue weighted by Gasteiger charge is 2.25. The molecule has 2 saturated heterocycles. The van der Waals surface area contributed by atoms with E-state index in [1.54, 1.807) is 7.05 Å². The molecule has 0 bridgehead atoms. The smallest absolute Gasteiger partial charge is 0.222 e. The van der Waals surface area contributed by atoms with Gasteiger partial charge in [-0.25, -0.2) is 0 Å². The number of amides is 1. The maximum atomic E-state index is 11.8. The zero-order chi connectivity index (χ0) is 20.5. The van der Waals surface area contributed by atoms with Crippen LogP contribution in [0.4, 0.5) is 0 Å². The summed E-state index contributed by atoms with van der Waals surface area (Å²) in [6.07, 6.45) is 3.77. The number of carbonyl (C=O) groups is 1. The number of nitrogens with one attached hydrogen (secondary N) is 2. The molecule has 1 aromatic rings. The van der Waals surface area contributed by atoms with Crippen LogP contribution in [-0.4, -0.2) is 62.3 Å². The van der Waals surface area contributed by atoms with E-state index >= 15 is 0 Å². The molecular weight excluding hydrogens is 368 g/mol. The maximum absolute atomic E-state index is 11.8. The molecule has 1 amide bonds. The minimum atomic E-state index is 0.219. The lowest BCUT2D eigenvalue weighted by Crippen LogP contribution is -2.44. The van der Waals surface area contributed by atoms with Crippen LogP contribution in [0.15, 0.2) is 29.3 Å². The van der Waals surface area contributed by atoms with E-state index in [1.165, 1.54) is 11.1 Å². The average Bonchev–Trinajstić information content (AvgIpc) is 3.24. The van der Waals surface area contributed by atoms with Gasteiger partial charge in [0.05, 0.1) is 12.7 Å². The molecule has 160 valence electrons. The standard InChI is InChI=1S/C22H34N4O3/c1-3-21(27)26-10-7-19(15-26)25-22(23-2)24-14-17-5-4-6-18(13-17)16-29-20-8-11-28-12-9-20/h4-6,13,19-20H,3,7-12,14-16H2,1-2H3,(H2,23,24,25). The number of ether oxygens (including phenoxy) is 2. The number of hydrogen-bond acceptors (Lipinski definition) is 4. The van der Waals surface area contributed by atoms with Crippen molar-refractivity contribution in [2.45, 2.75) is 57.9 Å². The first-order chi connectivity index (χ1) is 14.2. The number of benzene rings is 1. The largest absolute Gasteiger partial charge is 0.381 e. The van der Waals surface area contributed by atoms with Crippen LogP contribution in [0.5, 0.6) is 0 Å². The van der Waals surface area contributed by atoms with Crippen molar-refractivity contribution in [1.82, 2.24) is 15.5 Å². The van der Waals surface area contributed by atoms with Crippen LogP contribution in [0.25, 0.3) is 0 Å². The highest BCUT2D eigenvalue weighted by molar-refractivity contribution is 5.80. The van der Waals surface area contributed by atoms with Gasteiger partial charge in [0.25, 0.3) is 0 Å². The van der Waals surface area contributed by atoms with Gasteiger partial charge in [-0.3, -0.25) is 9.79 Å². The van der Waals surface area contributed by atoms with Gasteiger partial charge in [0, 0.05) is 52.4 Å². The van der Waals surface area contributed by atoms with E-state index in [4.69, 9.17) is 9.47 Å². The van der Waals surface area contributed by atoms with Crippen LogP contribution in [0.3, 0.4) is 0 Å². The number of carbonyl (C=O) groups excluding carboxylic acids is 1. The summed E-state index contributed by atoms with van der Waals surface area (Å²) in [5.41, 5.74) is 2.37. The van der Waals surface area contributed by atoms with E-state index in [0.29, 0.717) is 25.7 Å². The molecule has 7 heteroatoms. The zero-order valence-electron chi connectivity index (χ0n) is 17.7. The lowest BCUT2D eigenvalue weighted by atomic mass is 10.1. The molecule has 0 aliphatic carbocycles. The van der Waals surface area contributed by atoms with Gasteiger partial charge < -0.3 is 25.0 Å².